The summed E-state index contributed by atoms with van der Waals surface area (Å²) < 4.78 is 5.94. The Balaban J connectivity index is 1.37. The largest absolute Gasteiger partial charge is 0.507 e. The molecule has 268 valence electrons. The number of aromatic nitrogens is 1. The number of aromatic amines is 1. The molecule has 3 aliphatic rings. The molecule has 8 nitrogen and oxygen atoms in total. The molecule has 3 heterocycles. The molecule has 2 fully saturated rings. The zero-order valence-corrected chi connectivity index (χ0v) is 30.9. The molecule has 8 heteroatoms. The van der Waals surface area contributed by atoms with Gasteiger partial charge in [0.1, 0.15) is 22.7 Å². The molecular weight excluding hydrogens is 636 g/mol. The standard InChI is InChI=1S/C43H52N4O4/c1-8-42(5,6)39-33(31-13-9-10-14-35(31)44-39)24-36-40(49)46-43(41(50)45-36)25-28(4)16-18-30(43)19-20-32-34(26-47-21-11-12-22-47)38(48)29(17-15-27(2)3)23-37(32)51-7/h8-10,13-16,18-20,23-24,28,30,44,48H,1,11-12,17,21-22,25-26H2,2-7H3,(H,45,50)(H,46,49)/b20-19+,36-24-/t28-,30-,43-/m0/s1. The van der Waals surface area contributed by atoms with Crippen LogP contribution < -0.4 is 15.4 Å². The molecule has 1 aliphatic carbocycles. The number of allylic oxidation sites excluding steroid dienone is 4. The van der Waals surface area contributed by atoms with Crippen molar-refractivity contribution >= 4 is 34.9 Å². The van der Waals surface area contributed by atoms with Gasteiger partial charge in [-0.15, -0.1) is 6.58 Å². The Kier molecular flexibility index (Phi) is 10.2. The lowest BCUT2D eigenvalue weighted by Crippen LogP contribution is -2.68. The summed E-state index contributed by atoms with van der Waals surface area (Å²) in [7, 11) is 1.65. The van der Waals surface area contributed by atoms with Crippen molar-refractivity contribution in [3.8, 4) is 11.5 Å². The normalized spacial score (nSPS) is 23.3. The molecule has 51 heavy (non-hydrogen) atoms. The van der Waals surface area contributed by atoms with Crippen LogP contribution in [-0.2, 0) is 28.0 Å². The second-order valence-corrected chi connectivity index (χ2v) is 15.2. The van der Waals surface area contributed by atoms with Crippen LogP contribution in [0, 0.1) is 11.8 Å². The number of aromatic hydroxyl groups is 1. The van der Waals surface area contributed by atoms with Gasteiger partial charge >= 0.3 is 0 Å². The van der Waals surface area contributed by atoms with Crippen molar-refractivity contribution < 1.29 is 19.4 Å². The van der Waals surface area contributed by atoms with E-state index in [0.29, 0.717) is 25.1 Å². The first-order valence-corrected chi connectivity index (χ1v) is 18.1. The van der Waals surface area contributed by atoms with Gasteiger partial charge in [0.25, 0.3) is 11.8 Å². The highest BCUT2D eigenvalue weighted by molar-refractivity contribution is 6.10. The maximum absolute atomic E-state index is 14.3. The Bertz CT molecular complexity index is 1970. The number of H-pyrrole nitrogens is 1. The van der Waals surface area contributed by atoms with Crippen LogP contribution in [0.2, 0.25) is 0 Å². The van der Waals surface area contributed by atoms with Gasteiger partial charge in [-0.2, -0.15) is 0 Å². The first kappa shape index (κ1) is 36.0. The number of fused-ring (bicyclic) bond motifs is 1. The molecule has 2 aliphatic heterocycles. The molecule has 0 bridgehead atoms. The van der Waals surface area contributed by atoms with Gasteiger partial charge in [-0.25, -0.2) is 0 Å². The highest BCUT2D eigenvalue weighted by atomic mass is 16.5. The number of hydrogen-bond donors (Lipinski definition) is 4. The number of carbonyl (C=O) groups is 2. The Hall–Kier alpha value is -4.82. The number of benzene rings is 2. The van der Waals surface area contributed by atoms with Crippen LogP contribution >= 0.6 is 0 Å². The Morgan fingerprint density at radius 3 is 2.59 bits per heavy atom. The van der Waals surface area contributed by atoms with Crippen molar-refractivity contribution in [2.45, 2.75) is 77.8 Å². The lowest BCUT2D eigenvalue weighted by molar-refractivity contribution is -0.138. The molecule has 2 saturated heterocycles. The lowest BCUT2D eigenvalue weighted by Gasteiger charge is -2.44. The second-order valence-electron chi connectivity index (χ2n) is 15.2. The molecule has 4 N–H and O–H groups in total. The van der Waals surface area contributed by atoms with E-state index < -0.39 is 16.9 Å². The number of nitrogens with one attached hydrogen (secondary N) is 3. The van der Waals surface area contributed by atoms with Crippen LogP contribution in [0.5, 0.6) is 11.5 Å². The first-order valence-electron chi connectivity index (χ1n) is 18.1. The summed E-state index contributed by atoms with van der Waals surface area (Å²) in [5.74, 6) is -0.0311. The molecule has 2 aromatic carbocycles. The van der Waals surface area contributed by atoms with Crippen LogP contribution in [0.25, 0.3) is 23.1 Å². The van der Waals surface area contributed by atoms with Crippen molar-refractivity contribution in [1.82, 2.24) is 20.5 Å². The van der Waals surface area contributed by atoms with Gasteiger partial charge in [0.05, 0.1) is 7.11 Å². The number of carbonyl (C=O) groups excluding carboxylic acids is 2. The van der Waals surface area contributed by atoms with Crippen LogP contribution in [0.4, 0.5) is 0 Å². The van der Waals surface area contributed by atoms with E-state index in [0.717, 1.165) is 64.8 Å². The van der Waals surface area contributed by atoms with Crippen molar-refractivity contribution in [1.29, 1.82) is 0 Å². The number of amides is 2. The molecule has 3 aromatic rings. The molecular formula is C43H52N4O4. The Morgan fingerprint density at radius 1 is 1.14 bits per heavy atom. The van der Waals surface area contributed by atoms with Gasteiger partial charge < -0.3 is 25.5 Å². The Morgan fingerprint density at radius 2 is 1.88 bits per heavy atom. The smallest absolute Gasteiger partial charge is 0.268 e. The predicted octanol–water partition coefficient (Wildman–Crippen LogP) is 7.70. The van der Waals surface area contributed by atoms with Crippen LogP contribution in [0.15, 0.2) is 78.6 Å². The number of phenols is 1. The fourth-order valence-corrected chi connectivity index (χ4v) is 7.70. The van der Waals surface area contributed by atoms with Gasteiger partial charge in [-0.3, -0.25) is 14.5 Å². The number of nitrogens with zero attached hydrogens (tertiary/aromatic N) is 1. The van der Waals surface area contributed by atoms with Crippen LogP contribution in [0.1, 0.15) is 81.8 Å². The first-order chi connectivity index (χ1) is 24.4. The maximum atomic E-state index is 14.3. The Labute approximate surface area is 302 Å². The average molecular weight is 689 g/mol. The number of phenolic OH excluding ortho intramolecular Hbond substituents is 1. The molecule has 1 aromatic heterocycles. The summed E-state index contributed by atoms with van der Waals surface area (Å²) in [5.41, 5.74) is 4.88. The molecule has 6 rings (SSSR count). The van der Waals surface area contributed by atoms with Crippen molar-refractivity contribution in [3.05, 3.63) is 107 Å². The van der Waals surface area contributed by atoms with Gasteiger partial charge in [-0.05, 0) is 76.7 Å². The highest BCUT2D eigenvalue weighted by Gasteiger charge is 2.51. The minimum Gasteiger partial charge on any atom is -0.507 e. The number of para-hydroxylation sites is 1. The van der Waals surface area contributed by atoms with E-state index in [-0.39, 0.29) is 29.2 Å². The van der Waals surface area contributed by atoms with E-state index >= 15 is 0 Å². The fraction of sp³-hybridized carbons (Fsp3) is 0.395. The SMILES string of the molecule is C=CC(C)(C)c1[nH]c2ccccc2c1/C=C1\NC(=O)[C@@]2(C[C@@H](C)C=C[C@H]2/C=C/c2c(OC)cc(CC=C(C)C)c(O)c2CN2CCCC2)NC1=O. The van der Waals surface area contributed by atoms with Crippen molar-refractivity contribution in [2.24, 2.45) is 11.8 Å². The van der Waals surface area contributed by atoms with E-state index in [4.69, 9.17) is 4.74 Å². The van der Waals surface area contributed by atoms with Crippen LogP contribution in [0.3, 0.4) is 0 Å². The van der Waals surface area contributed by atoms with E-state index in [1.807, 2.05) is 68.5 Å². The van der Waals surface area contributed by atoms with E-state index in [2.05, 4.69) is 60.0 Å². The maximum Gasteiger partial charge on any atom is 0.268 e. The molecule has 2 amide bonds. The summed E-state index contributed by atoms with van der Waals surface area (Å²) in [6.45, 7) is 16.9. The van der Waals surface area contributed by atoms with Crippen LogP contribution in [-0.4, -0.2) is 52.5 Å². The average Bonchev–Trinajstić information content (AvgIpc) is 3.76. The van der Waals surface area contributed by atoms with Gasteiger partial charge in [0.15, 0.2) is 0 Å². The van der Waals surface area contributed by atoms with Gasteiger partial charge in [0.2, 0.25) is 0 Å². The number of hydrogen-bond acceptors (Lipinski definition) is 5. The predicted molar refractivity (Wildman–Crippen MR) is 206 cm³/mol. The van der Waals surface area contributed by atoms with E-state index in [9.17, 15) is 14.7 Å². The minimum absolute atomic E-state index is 0.0681. The summed E-state index contributed by atoms with van der Waals surface area (Å²) >= 11 is 0. The molecule has 3 atom stereocenters. The number of ether oxygens (including phenoxy) is 1. The number of piperazine rings is 1. The van der Waals surface area contributed by atoms with Gasteiger partial charge in [0, 0.05) is 56.7 Å². The molecule has 1 spiro atoms. The zero-order valence-electron chi connectivity index (χ0n) is 30.9. The molecule has 0 unspecified atom stereocenters. The quantitative estimate of drug-likeness (QED) is 0.129. The minimum atomic E-state index is -1.20. The fourth-order valence-electron chi connectivity index (χ4n) is 7.70. The topological polar surface area (TPSA) is 107 Å². The van der Waals surface area contributed by atoms with Gasteiger partial charge in [-0.1, -0.05) is 81.0 Å². The van der Waals surface area contributed by atoms with E-state index in [1.165, 1.54) is 5.57 Å². The van der Waals surface area contributed by atoms with E-state index in [1.54, 1.807) is 13.2 Å². The van der Waals surface area contributed by atoms with Crippen molar-refractivity contribution in [3.63, 3.8) is 0 Å². The third-order valence-corrected chi connectivity index (χ3v) is 10.8. The third kappa shape index (κ3) is 7.07. The highest BCUT2D eigenvalue weighted by Crippen LogP contribution is 2.41. The molecule has 0 saturated carbocycles. The summed E-state index contributed by atoms with van der Waals surface area (Å²) in [4.78, 5) is 34.2. The third-order valence-electron chi connectivity index (χ3n) is 10.8. The lowest BCUT2D eigenvalue weighted by atomic mass is 9.71. The summed E-state index contributed by atoms with van der Waals surface area (Å²) in [6.07, 6.45) is 17.1. The van der Waals surface area contributed by atoms with Crippen molar-refractivity contribution in [2.75, 3.05) is 20.2 Å². The summed E-state index contributed by atoms with van der Waals surface area (Å²) in [5, 5.41) is 18.8. The number of rotatable bonds is 10. The number of likely N-dealkylation sites (tertiary alicyclic amines) is 1. The molecule has 0 radical (unpaired) electrons. The zero-order chi connectivity index (χ0) is 36.5. The second kappa shape index (κ2) is 14.4. The monoisotopic (exact) mass is 688 g/mol. The summed E-state index contributed by atoms with van der Waals surface area (Å²) in [6, 6.07) is 9.86. The number of methoxy groups -OCH3 is 1.